The lowest BCUT2D eigenvalue weighted by Crippen LogP contribution is -2.18. The first-order chi connectivity index (χ1) is 12.4. The molecule has 142 valence electrons. The monoisotopic (exact) mass is 357 g/mol. The van der Waals surface area contributed by atoms with Crippen molar-refractivity contribution in [2.24, 2.45) is 0 Å². The second kappa shape index (κ2) is 9.48. The van der Waals surface area contributed by atoms with Gasteiger partial charge in [0.15, 0.2) is 11.5 Å². The quantitative estimate of drug-likeness (QED) is 0.676. The molecule has 0 bridgehead atoms. The number of ether oxygens (including phenoxy) is 3. The van der Waals surface area contributed by atoms with E-state index in [1.807, 2.05) is 52.0 Å². The summed E-state index contributed by atoms with van der Waals surface area (Å²) in [6, 6.07) is 14.5. The molecule has 0 saturated carbocycles. The zero-order chi connectivity index (χ0) is 19.1. The van der Waals surface area contributed by atoms with Crippen LogP contribution in [-0.2, 0) is 6.54 Å². The molecule has 0 heterocycles. The molecule has 0 aliphatic rings. The highest BCUT2D eigenvalue weighted by molar-refractivity contribution is 5.44. The lowest BCUT2D eigenvalue weighted by atomic mass is 10.1. The number of nitrogens with one attached hydrogen (secondary N) is 1. The summed E-state index contributed by atoms with van der Waals surface area (Å²) in [6.07, 6.45) is 0.293. The van der Waals surface area contributed by atoms with Gasteiger partial charge in [-0.3, -0.25) is 0 Å². The van der Waals surface area contributed by atoms with Gasteiger partial charge in [0.25, 0.3) is 0 Å². The van der Waals surface area contributed by atoms with Crippen LogP contribution in [0.5, 0.6) is 17.2 Å². The van der Waals surface area contributed by atoms with Crippen molar-refractivity contribution < 1.29 is 14.2 Å². The summed E-state index contributed by atoms with van der Waals surface area (Å²) >= 11 is 0. The summed E-state index contributed by atoms with van der Waals surface area (Å²) in [4.78, 5) is 0. The van der Waals surface area contributed by atoms with Gasteiger partial charge in [0, 0.05) is 12.6 Å². The van der Waals surface area contributed by atoms with Crippen LogP contribution in [-0.4, -0.2) is 19.3 Å². The number of hydrogen-bond donors (Lipinski definition) is 1. The molecule has 0 aliphatic heterocycles. The summed E-state index contributed by atoms with van der Waals surface area (Å²) in [5.74, 6) is 2.44. The van der Waals surface area contributed by atoms with Gasteiger partial charge in [-0.15, -0.1) is 0 Å². The predicted octanol–water partition coefficient (Wildman–Crippen LogP) is 5.12. The molecule has 4 heteroatoms. The molecule has 26 heavy (non-hydrogen) atoms. The zero-order valence-corrected chi connectivity index (χ0v) is 16.7. The second-order valence-electron chi connectivity index (χ2n) is 6.99. The highest BCUT2D eigenvalue weighted by atomic mass is 16.5. The first kappa shape index (κ1) is 20.1. The average molecular weight is 357 g/mol. The maximum Gasteiger partial charge on any atom is 0.161 e. The summed E-state index contributed by atoms with van der Waals surface area (Å²) in [5.41, 5.74) is 2.36. The van der Waals surface area contributed by atoms with Gasteiger partial charge in [-0.25, -0.2) is 0 Å². The van der Waals surface area contributed by atoms with Crippen LogP contribution in [0.1, 0.15) is 51.8 Å². The van der Waals surface area contributed by atoms with Crippen molar-refractivity contribution in [3.05, 3.63) is 53.6 Å². The van der Waals surface area contributed by atoms with Gasteiger partial charge in [0.05, 0.1) is 19.3 Å². The SMILES string of the molecule is COc1cc(C(C)NCc2cccc(OC(C)C)c2)ccc1OC(C)C. The van der Waals surface area contributed by atoms with Crippen LogP contribution >= 0.6 is 0 Å². The molecular weight excluding hydrogens is 326 g/mol. The molecule has 4 nitrogen and oxygen atoms in total. The summed E-state index contributed by atoms with van der Waals surface area (Å²) in [7, 11) is 1.67. The van der Waals surface area contributed by atoms with Gasteiger partial charge in [0.1, 0.15) is 5.75 Å². The third-order valence-electron chi connectivity index (χ3n) is 3.93. The smallest absolute Gasteiger partial charge is 0.161 e. The molecule has 0 amide bonds. The Balaban J connectivity index is 2.02. The van der Waals surface area contributed by atoms with Crippen molar-refractivity contribution in [2.75, 3.05) is 7.11 Å². The first-order valence-corrected chi connectivity index (χ1v) is 9.22. The van der Waals surface area contributed by atoms with Crippen molar-refractivity contribution in [3.63, 3.8) is 0 Å². The Hall–Kier alpha value is -2.20. The minimum absolute atomic E-state index is 0.116. The molecule has 0 fully saturated rings. The summed E-state index contributed by atoms with van der Waals surface area (Å²) < 4.78 is 17.0. The van der Waals surface area contributed by atoms with E-state index in [0.717, 1.165) is 29.4 Å². The predicted molar refractivity (Wildman–Crippen MR) is 106 cm³/mol. The van der Waals surface area contributed by atoms with Gasteiger partial charge in [0.2, 0.25) is 0 Å². The van der Waals surface area contributed by atoms with E-state index in [0.29, 0.717) is 0 Å². The average Bonchev–Trinajstić information content (AvgIpc) is 2.59. The number of methoxy groups -OCH3 is 1. The Bertz CT molecular complexity index is 698. The van der Waals surface area contributed by atoms with Gasteiger partial charge in [-0.2, -0.15) is 0 Å². The maximum atomic E-state index is 5.79. The second-order valence-corrected chi connectivity index (χ2v) is 6.99. The molecule has 0 radical (unpaired) electrons. The van der Waals surface area contributed by atoms with Crippen molar-refractivity contribution in [1.82, 2.24) is 5.32 Å². The van der Waals surface area contributed by atoms with Crippen molar-refractivity contribution in [1.29, 1.82) is 0 Å². The van der Waals surface area contributed by atoms with Crippen LogP contribution in [0.2, 0.25) is 0 Å². The van der Waals surface area contributed by atoms with Crippen LogP contribution in [0.15, 0.2) is 42.5 Å². The van der Waals surface area contributed by atoms with Crippen LogP contribution < -0.4 is 19.5 Å². The van der Waals surface area contributed by atoms with E-state index in [1.165, 1.54) is 5.56 Å². The van der Waals surface area contributed by atoms with E-state index in [2.05, 4.69) is 30.4 Å². The molecule has 1 N–H and O–H groups in total. The number of hydrogen-bond acceptors (Lipinski definition) is 4. The largest absolute Gasteiger partial charge is 0.493 e. The molecule has 2 aromatic carbocycles. The maximum absolute atomic E-state index is 5.79. The highest BCUT2D eigenvalue weighted by Crippen LogP contribution is 2.31. The molecule has 2 rings (SSSR count). The summed E-state index contributed by atoms with van der Waals surface area (Å²) in [5, 5.41) is 3.56. The first-order valence-electron chi connectivity index (χ1n) is 9.22. The molecule has 0 saturated heterocycles. The van der Waals surface area contributed by atoms with E-state index in [9.17, 15) is 0 Å². The van der Waals surface area contributed by atoms with E-state index in [-0.39, 0.29) is 18.2 Å². The van der Waals surface area contributed by atoms with Gasteiger partial charge >= 0.3 is 0 Å². The standard InChI is InChI=1S/C22H31NO3/c1-15(2)25-20-9-7-8-18(12-20)14-23-17(5)19-10-11-21(26-16(3)4)22(13-19)24-6/h7-13,15-17,23H,14H2,1-6H3. The van der Waals surface area contributed by atoms with Crippen molar-refractivity contribution in [2.45, 2.75) is 59.4 Å². The van der Waals surface area contributed by atoms with E-state index in [1.54, 1.807) is 7.11 Å². The Labute approximate surface area is 157 Å². The van der Waals surface area contributed by atoms with Gasteiger partial charge < -0.3 is 19.5 Å². The summed E-state index contributed by atoms with van der Waals surface area (Å²) in [6.45, 7) is 11.0. The van der Waals surface area contributed by atoms with Crippen LogP contribution in [0.25, 0.3) is 0 Å². The Kier molecular flexibility index (Phi) is 7.34. The Morgan fingerprint density at radius 1 is 0.846 bits per heavy atom. The number of benzene rings is 2. The fraction of sp³-hybridized carbons (Fsp3) is 0.455. The zero-order valence-electron chi connectivity index (χ0n) is 16.7. The number of rotatable bonds is 9. The normalized spacial score (nSPS) is 12.3. The van der Waals surface area contributed by atoms with Crippen molar-refractivity contribution >= 4 is 0 Å². The Morgan fingerprint density at radius 3 is 2.23 bits per heavy atom. The topological polar surface area (TPSA) is 39.7 Å². The molecule has 1 atom stereocenters. The fourth-order valence-corrected chi connectivity index (χ4v) is 2.69. The lowest BCUT2D eigenvalue weighted by molar-refractivity contribution is 0.230. The molecule has 1 unspecified atom stereocenters. The third kappa shape index (κ3) is 5.95. The lowest BCUT2D eigenvalue weighted by Gasteiger charge is -2.18. The van der Waals surface area contributed by atoms with Crippen LogP contribution in [0, 0.1) is 0 Å². The van der Waals surface area contributed by atoms with E-state index < -0.39 is 0 Å². The molecule has 0 aromatic heterocycles. The minimum Gasteiger partial charge on any atom is -0.493 e. The van der Waals surface area contributed by atoms with Gasteiger partial charge in [-0.05, 0) is 70.0 Å². The highest BCUT2D eigenvalue weighted by Gasteiger charge is 2.12. The third-order valence-corrected chi connectivity index (χ3v) is 3.93. The Morgan fingerprint density at radius 2 is 1.58 bits per heavy atom. The van der Waals surface area contributed by atoms with Crippen LogP contribution in [0.4, 0.5) is 0 Å². The minimum atomic E-state index is 0.116. The molecule has 0 aliphatic carbocycles. The van der Waals surface area contributed by atoms with Crippen molar-refractivity contribution in [3.8, 4) is 17.2 Å². The van der Waals surface area contributed by atoms with Gasteiger partial charge in [-0.1, -0.05) is 18.2 Å². The fourth-order valence-electron chi connectivity index (χ4n) is 2.69. The molecule has 2 aromatic rings. The van der Waals surface area contributed by atoms with Crippen LogP contribution in [0.3, 0.4) is 0 Å². The van der Waals surface area contributed by atoms with E-state index in [4.69, 9.17) is 14.2 Å². The molecule has 0 spiro atoms. The van der Waals surface area contributed by atoms with E-state index >= 15 is 0 Å². The molecular formula is C22H31NO3.